The van der Waals surface area contributed by atoms with E-state index in [1.54, 1.807) is 25.1 Å². The first-order valence-corrected chi connectivity index (χ1v) is 8.17. The van der Waals surface area contributed by atoms with Crippen molar-refractivity contribution in [1.82, 2.24) is 5.32 Å². The Morgan fingerprint density at radius 1 is 1.16 bits per heavy atom. The van der Waals surface area contributed by atoms with Crippen LogP contribution >= 0.6 is 0 Å². The van der Waals surface area contributed by atoms with Crippen molar-refractivity contribution >= 4 is 11.8 Å². The third-order valence-corrected chi connectivity index (χ3v) is 4.21. The normalized spacial score (nSPS) is 13.0. The molecule has 0 fully saturated rings. The first kappa shape index (κ1) is 16.8. The van der Waals surface area contributed by atoms with Crippen LogP contribution in [0.4, 0.5) is 0 Å². The Morgan fingerprint density at radius 3 is 2.76 bits per heavy atom. The van der Waals surface area contributed by atoms with Gasteiger partial charge in [0.2, 0.25) is 5.91 Å². The molecule has 2 aromatic rings. The molecule has 0 aliphatic carbocycles. The highest BCUT2D eigenvalue weighted by molar-refractivity contribution is 5.95. The summed E-state index contributed by atoms with van der Waals surface area (Å²) in [5.74, 6) is 0.856. The molecular formula is C20H20N2O3. The van der Waals surface area contributed by atoms with Gasteiger partial charge in [0, 0.05) is 18.5 Å². The third kappa shape index (κ3) is 3.88. The minimum Gasteiger partial charge on any atom is -0.461 e. The maximum absolute atomic E-state index is 12.5. The van der Waals surface area contributed by atoms with Gasteiger partial charge in [-0.2, -0.15) is 0 Å². The Morgan fingerprint density at radius 2 is 1.96 bits per heavy atom. The molecule has 0 spiro atoms. The van der Waals surface area contributed by atoms with Gasteiger partial charge in [0.25, 0.3) is 5.91 Å². The first-order valence-electron chi connectivity index (χ1n) is 8.17. The van der Waals surface area contributed by atoms with Crippen molar-refractivity contribution in [2.75, 3.05) is 6.54 Å². The van der Waals surface area contributed by atoms with E-state index in [0.717, 1.165) is 16.9 Å². The van der Waals surface area contributed by atoms with E-state index in [2.05, 4.69) is 5.32 Å². The molecule has 3 rings (SSSR count). The number of nitrogens with two attached hydrogens (primary N) is 1. The van der Waals surface area contributed by atoms with Gasteiger partial charge in [-0.05, 0) is 42.7 Å². The number of allylic oxidation sites excluding steroid dienone is 1. The van der Waals surface area contributed by atoms with Crippen LogP contribution in [0.15, 0.2) is 59.9 Å². The molecule has 5 nitrogen and oxygen atoms in total. The van der Waals surface area contributed by atoms with Crippen molar-refractivity contribution in [1.29, 1.82) is 0 Å². The van der Waals surface area contributed by atoms with Crippen molar-refractivity contribution in [2.24, 2.45) is 5.73 Å². The zero-order chi connectivity index (χ0) is 17.8. The monoisotopic (exact) mass is 336 g/mol. The van der Waals surface area contributed by atoms with Crippen molar-refractivity contribution in [3.05, 3.63) is 76.6 Å². The molecule has 3 N–H and O–H groups in total. The van der Waals surface area contributed by atoms with Crippen molar-refractivity contribution in [2.45, 2.75) is 19.8 Å². The third-order valence-electron chi connectivity index (χ3n) is 4.21. The molecule has 1 aliphatic heterocycles. The van der Waals surface area contributed by atoms with Crippen LogP contribution in [0, 0.1) is 0 Å². The van der Waals surface area contributed by atoms with E-state index in [1.165, 1.54) is 0 Å². The maximum Gasteiger partial charge on any atom is 0.250 e. The summed E-state index contributed by atoms with van der Waals surface area (Å²) in [6.45, 7) is 2.28. The highest BCUT2D eigenvalue weighted by Gasteiger charge is 2.21. The molecule has 0 radical (unpaired) electrons. The fourth-order valence-electron chi connectivity index (χ4n) is 2.84. The Hall–Kier alpha value is -3.08. The molecule has 0 atom stereocenters. The highest BCUT2D eigenvalue weighted by atomic mass is 16.5. The lowest BCUT2D eigenvalue weighted by Gasteiger charge is -2.21. The molecule has 25 heavy (non-hydrogen) atoms. The summed E-state index contributed by atoms with van der Waals surface area (Å²) >= 11 is 0. The number of nitrogens with one attached hydrogen (secondary N) is 1. The highest BCUT2D eigenvalue weighted by Crippen LogP contribution is 2.29. The van der Waals surface area contributed by atoms with Gasteiger partial charge in [0.1, 0.15) is 11.5 Å². The fraction of sp³-hybridized carbons (Fsp3) is 0.200. The van der Waals surface area contributed by atoms with E-state index in [-0.39, 0.29) is 5.91 Å². The van der Waals surface area contributed by atoms with Crippen LogP contribution in [0.2, 0.25) is 0 Å². The van der Waals surface area contributed by atoms with Gasteiger partial charge in [0.05, 0.1) is 5.57 Å². The Balaban J connectivity index is 1.60. The molecule has 0 bridgehead atoms. The van der Waals surface area contributed by atoms with E-state index in [1.807, 2.05) is 30.3 Å². The van der Waals surface area contributed by atoms with Gasteiger partial charge in [0.15, 0.2) is 0 Å². The summed E-state index contributed by atoms with van der Waals surface area (Å²) in [4.78, 5) is 23.7. The topological polar surface area (TPSA) is 81.4 Å². The van der Waals surface area contributed by atoms with E-state index < -0.39 is 5.91 Å². The summed E-state index contributed by atoms with van der Waals surface area (Å²) < 4.78 is 5.74. The van der Waals surface area contributed by atoms with Crippen LogP contribution in [0.3, 0.4) is 0 Å². The van der Waals surface area contributed by atoms with Gasteiger partial charge in [-0.1, -0.05) is 30.3 Å². The molecular weight excluding hydrogens is 316 g/mol. The number of ether oxygens (including phenoxy) is 1. The Bertz CT molecular complexity index is 856. The number of rotatable bonds is 5. The minimum atomic E-state index is -0.454. The summed E-state index contributed by atoms with van der Waals surface area (Å²) in [5, 5.41) is 2.92. The number of carbonyl (C=O) groups excluding carboxylic acids is 2. The van der Waals surface area contributed by atoms with Crippen LogP contribution in [-0.4, -0.2) is 18.4 Å². The van der Waals surface area contributed by atoms with E-state index in [4.69, 9.17) is 10.5 Å². The lowest BCUT2D eigenvalue weighted by Crippen LogP contribution is -2.30. The lowest BCUT2D eigenvalue weighted by atomic mass is 10.00. The molecule has 0 aromatic heterocycles. The van der Waals surface area contributed by atoms with Crippen LogP contribution < -0.4 is 15.8 Å². The summed E-state index contributed by atoms with van der Waals surface area (Å²) in [5.41, 5.74) is 8.36. The summed E-state index contributed by atoms with van der Waals surface area (Å²) in [7, 11) is 0. The number of fused-ring (bicyclic) bond motifs is 1. The van der Waals surface area contributed by atoms with Crippen LogP contribution in [0.1, 0.15) is 28.4 Å². The number of benzene rings is 2. The first-order chi connectivity index (χ1) is 12.0. The predicted octanol–water partition coefficient (Wildman–Crippen LogP) is 2.35. The average Bonchev–Trinajstić information content (AvgIpc) is 2.61. The van der Waals surface area contributed by atoms with Crippen molar-refractivity contribution in [3.8, 4) is 5.75 Å². The second-order valence-electron chi connectivity index (χ2n) is 5.99. The molecule has 128 valence electrons. The van der Waals surface area contributed by atoms with Gasteiger partial charge in [-0.3, -0.25) is 9.59 Å². The van der Waals surface area contributed by atoms with Gasteiger partial charge in [-0.15, -0.1) is 0 Å². The Labute approximate surface area is 146 Å². The molecule has 2 aromatic carbocycles. The maximum atomic E-state index is 12.5. The number of carbonyl (C=O) groups is 2. The molecule has 0 saturated carbocycles. The number of para-hydroxylation sites is 1. The number of hydrogen-bond donors (Lipinski definition) is 2. The van der Waals surface area contributed by atoms with Crippen LogP contribution in [-0.2, 0) is 17.6 Å². The quantitative estimate of drug-likeness (QED) is 0.879. The second-order valence-corrected chi connectivity index (χ2v) is 5.99. The number of primary amides is 1. The lowest BCUT2D eigenvalue weighted by molar-refractivity contribution is -0.117. The van der Waals surface area contributed by atoms with E-state index in [0.29, 0.717) is 36.3 Å². The molecule has 0 saturated heterocycles. The SMILES string of the molecule is CC1=C(C(=O)NCCc2cccc(C(N)=O)c2)Cc2ccccc2O1. The largest absolute Gasteiger partial charge is 0.461 e. The molecule has 2 amide bonds. The molecule has 0 unspecified atom stereocenters. The summed E-state index contributed by atoms with van der Waals surface area (Å²) in [6.07, 6.45) is 1.18. The van der Waals surface area contributed by atoms with Gasteiger partial charge >= 0.3 is 0 Å². The minimum absolute atomic E-state index is 0.127. The number of hydrogen-bond acceptors (Lipinski definition) is 3. The van der Waals surface area contributed by atoms with Gasteiger partial charge < -0.3 is 15.8 Å². The second kappa shape index (κ2) is 7.21. The standard InChI is InChI=1S/C20H20N2O3/c1-13-17(12-15-6-2-3-8-18(15)25-13)20(24)22-10-9-14-5-4-7-16(11-14)19(21)23/h2-8,11H,9-10,12H2,1H3,(H2,21,23)(H,22,24). The van der Waals surface area contributed by atoms with E-state index >= 15 is 0 Å². The van der Waals surface area contributed by atoms with Gasteiger partial charge in [-0.25, -0.2) is 0 Å². The van der Waals surface area contributed by atoms with Crippen molar-refractivity contribution < 1.29 is 14.3 Å². The summed E-state index contributed by atoms with van der Waals surface area (Å²) in [6, 6.07) is 14.8. The average molecular weight is 336 g/mol. The number of amides is 2. The Kier molecular flexibility index (Phi) is 4.84. The van der Waals surface area contributed by atoms with Crippen LogP contribution in [0.25, 0.3) is 0 Å². The molecule has 1 aliphatic rings. The van der Waals surface area contributed by atoms with Crippen LogP contribution in [0.5, 0.6) is 5.75 Å². The fourth-order valence-corrected chi connectivity index (χ4v) is 2.84. The van der Waals surface area contributed by atoms with E-state index in [9.17, 15) is 9.59 Å². The molecule has 5 heteroatoms. The molecule has 1 heterocycles. The van der Waals surface area contributed by atoms with Crippen molar-refractivity contribution in [3.63, 3.8) is 0 Å². The zero-order valence-electron chi connectivity index (χ0n) is 14.0. The predicted molar refractivity (Wildman–Crippen MR) is 95.1 cm³/mol. The smallest absolute Gasteiger partial charge is 0.250 e. The zero-order valence-corrected chi connectivity index (χ0v) is 14.0.